The summed E-state index contributed by atoms with van der Waals surface area (Å²) in [7, 11) is 0. The SMILES string of the molecule is N#CC1CCN(Cc2c[nH]c3ccccc23)C(=O)C1. The molecule has 1 saturated heterocycles. The van der Waals surface area contributed by atoms with Gasteiger partial charge < -0.3 is 9.88 Å². The van der Waals surface area contributed by atoms with E-state index < -0.39 is 0 Å². The number of hydrogen-bond donors (Lipinski definition) is 1. The van der Waals surface area contributed by atoms with Crippen LogP contribution in [0.15, 0.2) is 30.5 Å². The van der Waals surface area contributed by atoms with E-state index in [4.69, 9.17) is 5.26 Å². The lowest BCUT2D eigenvalue weighted by atomic mass is 9.97. The Bertz CT molecular complexity index is 653. The van der Waals surface area contributed by atoms with Gasteiger partial charge in [-0.05, 0) is 18.1 Å². The van der Waals surface area contributed by atoms with Crippen molar-refractivity contribution in [2.24, 2.45) is 5.92 Å². The number of H-pyrrole nitrogens is 1. The Morgan fingerprint density at radius 3 is 3.05 bits per heavy atom. The maximum atomic E-state index is 12.0. The normalized spacial score (nSPS) is 19.6. The van der Waals surface area contributed by atoms with Crippen LogP contribution in [0.4, 0.5) is 0 Å². The van der Waals surface area contributed by atoms with E-state index in [2.05, 4.69) is 17.1 Å². The number of nitrogens with one attached hydrogen (secondary N) is 1. The summed E-state index contributed by atoms with van der Waals surface area (Å²) in [5, 5.41) is 10.0. The van der Waals surface area contributed by atoms with E-state index in [0.29, 0.717) is 19.5 Å². The van der Waals surface area contributed by atoms with Gasteiger partial charge in [-0.25, -0.2) is 0 Å². The summed E-state index contributed by atoms with van der Waals surface area (Å²) in [5.74, 6) is -0.0187. The standard InChI is InChI=1S/C15H15N3O/c16-8-11-5-6-18(15(19)7-11)10-12-9-17-14-4-2-1-3-13(12)14/h1-4,9,11,17H,5-7,10H2. The Balaban J connectivity index is 1.79. The fourth-order valence-corrected chi connectivity index (χ4v) is 2.62. The van der Waals surface area contributed by atoms with Crippen molar-refractivity contribution in [1.29, 1.82) is 5.26 Å². The third-order valence-corrected chi connectivity index (χ3v) is 3.74. The number of para-hydroxylation sites is 1. The van der Waals surface area contributed by atoms with Gasteiger partial charge in [-0.3, -0.25) is 4.79 Å². The smallest absolute Gasteiger partial charge is 0.224 e. The quantitative estimate of drug-likeness (QED) is 0.893. The lowest BCUT2D eigenvalue weighted by molar-refractivity contribution is -0.134. The zero-order chi connectivity index (χ0) is 13.2. The molecule has 0 radical (unpaired) electrons. The second-order valence-corrected chi connectivity index (χ2v) is 4.99. The molecule has 4 nitrogen and oxygen atoms in total. The topological polar surface area (TPSA) is 59.9 Å². The van der Waals surface area contributed by atoms with Crippen LogP contribution in [0.25, 0.3) is 10.9 Å². The van der Waals surface area contributed by atoms with E-state index in [1.165, 1.54) is 0 Å². The third-order valence-electron chi connectivity index (χ3n) is 3.74. The number of piperidine rings is 1. The highest BCUT2D eigenvalue weighted by atomic mass is 16.2. The van der Waals surface area contributed by atoms with Gasteiger partial charge in [0, 0.05) is 36.6 Å². The average Bonchev–Trinajstić information content (AvgIpc) is 2.84. The minimum absolute atomic E-state index is 0.0862. The molecule has 1 aromatic carbocycles. The molecule has 1 aromatic heterocycles. The van der Waals surface area contributed by atoms with Gasteiger partial charge in [0.25, 0.3) is 0 Å². The van der Waals surface area contributed by atoms with Crippen LogP contribution >= 0.6 is 0 Å². The van der Waals surface area contributed by atoms with Crippen molar-refractivity contribution in [2.75, 3.05) is 6.54 Å². The number of carbonyl (C=O) groups is 1. The number of nitriles is 1. The summed E-state index contributed by atoms with van der Waals surface area (Å²) in [4.78, 5) is 17.1. The number of aromatic amines is 1. The highest BCUT2D eigenvalue weighted by molar-refractivity contribution is 5.84. The van der Waals surface area contributed by atoms with Gasteiger partial charge in [-0.15, -0.1) is 0 Å². The van der Waals surface area contributed by atoms with Gasteiger partial charge in [-0.2, -0.15) is 5.26 Å². The molecule has 1 N–H and O–H groups in total. The zero-order valence-electron chi connectivity index (χ0n) is 10.6. The van der Waals surface area contributed by atoms with Crippen LogP contribution in [0.3, 0.4) is 0 Å². The molecule has 4 heteroatoms. The Kier molecular flexibility index (Phi) is 2.96. The van der Waals surface area contributed by atoms with E-state index in [1.54, 1.807) is 0 Å². The lowest BCUT2D eigenvalue weighted by Gasteiger charge is -2.28. The largest absolute Gasteiger partial charge is 0.361 e. The van der Waals surface area contributed by atoms with Crippen molar-refractivity contribution in [3.05, 3.63) is 36.0 Å². The minimum atomic E-state index is -0.105. The van der Waals surface area contributed by atoms with Crippen molar-refractivity contribution in [1.82, 2.24) is 9.88 Å². The fourth-order valence-electron chi connectivity index (χ4n) is 2.62. The highest BCUT2D eigenvalue weighted by Gasteiger charge is 2.25. The number of benzene rings is 1. The first kappa shape index (κ1) is 11.8. The molecule has 2 heterocycles. The van der Waals surface area contributed by atoms with Crippen LogP contribution in [0.2, 0.25) is 0 Å². The van der Waals surface area contributed by atoms with Crippen molar-refractivity contribution in [2.45, 2.75) is 19.4 Å². The van der Waals surface area contributed by atoms with Crippen LogP contribution in [0.1, 0.15) is 18.4 Å². The van der Waals surface area contributed by atoms with E-state index in [9.17, 15) is 4.79 Å². The molecule has 1 aliphatic rings. The summed E-state index contributed by atoms with van der Waals surface area (Å²) in [6.07, 6.45) is 3.11. The summed E-state index contributed by atoms with van der Waals surface area (Å²) in [5.41, 5.74) is 2.23. The lowest BCUT2D eigenvalue weighted by Crippen LogP contribution is -2.37. The first-order chi connectivity index (χ1) is 9.28. The number of rotatable bonds is 2. The van der Waals surface area contributed by atoms with Crippen molar-refractivity contribution >= 4 is 16.8 Å². The molecule has 0 saturated carbocycles. The molecule has 3 rings (SSSR count). The van der Waals surface area contributed by atoms with E-state index >= 15 is 0 Å². The minimum Gasteiger partial charge on any atom is -0.361 e. The molecular formula is C15H15N3O. The predicted molar refractivity (Wildman–Crippen MR) is 72.1 cm³/mol. The Morgan fingerprint density at radius 1 is 1.42 bits per heavy atom. The van der Waals surface area contributed by atoms with Gasteiger partial charge in [0.1, 0.15) is 0 Å². The maximum absolute atomic E-state index is 12.0. The summed E-state index contributed by atoms with van der Waals surface area (Å²) < 4.78 is 0. The number of aromatic nitrogens is 1. The molecule has 96 valence electrons. The number of hydrogen-bond acceptors (Lipinski definition) is 2. The fraction of sp³-hybridized carbons (Fsp3) is 0.333. The van der Waals surface area contributed by atoms with Gasteiger partial charge in [0.15, 0.2) is 0 Å². The Labute approximate surface area is 111 Å². The van der Waals surface area contributed by atoms with Gasteiger partial charge in [-0.1, -0.05) is 18.2 Å². The van der Waals surface area contributed by atoms with Crippen LogP contribution in [0, 0.1) is 17.2 Å². The molecular weight excluding hydrogens is 238 g/mol. The molecule has 19 heavy (non-hydrogen) atoms. The zero-order valence-corrected chi connectivity index (χ0v) is 10.6. The van der Waals surface area contributed by atoms with Crippen molar-refractivity contribution in [3.63, 3.8) is 0 Å². The van der Waals surface area contributed by atoms with Crippen LogP contribution < -0.4 is 0 Å². The molecule has 1 aliphatic heterocycles. The number of amides is 1. The highest BCUT2D eigenvalue weighted by Crippen LogP contribution is 2.23. The van der Waals surface area contributed by atoms with Crippen molar-refractivity contribution in [3.8, 4) is 6.07 Å². The molecule has 0 spiro atoms. The van der Waals surface area contributed by atoms with E-state index in [0.717, 1.165) is 22.9 Å². The van der Waals surface area contributed by atoms with E-state index in [1.807, 2.05) is 29.3 Å². The van der Waals surface area contributed by atoms with Gasteiger partial charge in [0.2, 0.25) is 5.91 Å². The number of nitrogens with zero attached hydrogens (tertiary/aromatic N) is 2. The number of likely N-dealkylation sites (tertiary alicyclic amines) is 1. The molecule has 1 atom stereocenters. The number of carbonyl (C=O) groups excluding carboxylic acids is 1. The predicted octanol–water partition coefficient (Wildman–Crippen LogP) is 2.43. The second-order valence-electron chi connectivity index (χ2n) is 4.99. The monoisotopic (exact) mass is 253 g/mol. The molecule has 2 aromatic rings. The van der Waals surface area contributed by atoms with E-state index in [-0.39, 0.29) is 11.8 Å². The van der Waals surface area contributed by atoms with Crippen LogP contribution in [-0.2, 0) is 11.3 Å². The molecule has 1 fully saturated rings. The average molecular weight is 253 g/mol. The summed E-state index contributed by atoms with van der Waals surface area (Å²) in [6.45, 7) is 1.30. The summed E-state index contributed by atoms with van der Waals surface area (Å²) >= 11 is 0. The van der Waals surface area contributed by atoms with Gasteiger partial charge in [0.05, 0.1) is 12.0 Å². The first-order valence-corrected chi connectivity index (χ1v) is 6.50. The summed E-state index contributed by atoms with van der Waals surface area (Å²) in [6, 6.07) is 10.3. The Hall–Kier alpha value is -2.28. The molecule has 1 unspecified atom stereocenters. The Morgan fingerprint density at radius 2 is 2.26 bits per heavy atom. The number of fused-ring (bicyclic) bond motifs is 1. The molecule has 1 amide bonds. The van der Waals surface area contributed by atoms with Crippen LogP contribution in [0.5, 0.6) is 0 Å². The molecule has 0 aliphatic carbocycles. The molecule has 0 bridgehead atoms. The first-order valence-electron chi connectivity index (χ1n) is 6.50. The van der Waals surface area contributed by atoms with Crippen molar-refractivity contribution < 1.29 is 4.79 Å². The van der Waals surface area contributed by atoms with Gasteiger partial charge >= 0.3 is 0 Å². The maximum Gasteiger partial charge on any atom is 0.224 e. The van der Waals surface area contributed by atoms with Crippen LogP contribution in [-0.4, -0.2) is 22.3 Å². The third kappa shape index (κ3) is 2.19. The second kappa shape index (κ2) is 4.77.